The van der Waals surface area contributed by atoms with Crippen molar-refractivity contribution in [3.63, 3.8) is 0 Å². The van der Waals surface area contributed by atoms with Crippen molar-refractivity contribution >= 4 is 23.3 Å². The van der Waals surface area contributed by atoms with Gasteiger partial charge in [-0.05, 0) is 57.2 Å². The number of hydrogen-bond acceptors (Lipinski definition) is 5. The van der Waals surface area contributed by atoms with Gasteiger partial charge in [-0.15, -0.1) is 0 Å². The van der Waals surface area contributed by atoms with Gasteiger partial charge >= 0.3 is 5.97 Å². The number of aryl methyl sites for hydroxylation is 1. The molecule has 2 aromatic rings. The van der Waals surface area contributed by atoms with E-state index in [0.29, 0.717) is 22.4 Å². The van der Waals surface area contributed by atoms with Gasteiger partial charge in [0.2, 0.25) is 0 Å². The zero-order chi connectivity index (χ0) is 18.6. The number of hydrogen-bond donors (Lipinski definition) is 1. The Morgan fingerprint density at radius 3 is 2.20 bits per heavy atom. The van der Waals surface area contributed by atoms with Crippen LogP contribution in [0.3, 0.4) is 0 Å². The van der Waals surface area contributed by atoms with Crippen molar-refractivity contribution in [1.82, 2.24) is 0 Å². The SMILES string of the molecule is Cc1cc(C(=O)Nc2ccc(C(=O)OC(C)C)cc2)ccc1[N+](=O)[O-]. The van der Waals surface area contributed by atoms with Gasteiger partial charge in [0.1, 0.15) is 0 Å². The summed E-state index contributed by atoms with van der Waals surface area (Å²) in [7, 11) is 0. The predicted octanol–water partition coefficient (Wildman–Crippen LogP) is 3.72. The van der Waals surface area contributed by atoms with Crippen LogP contribution in [0, 0.1) is 17.0 Å². The molecule has 0 radical (unpaired) electrons. The molecule has 0 aliphatic carbocycles. The molecule has 0 heterocycles. The lowest BCUT2D eigenvalue weighted by atomic mass is 10.1. The number of nitrogens with zero attached hydrogens (tertiary/aromatic N) is 1. The summed E-state index contributed by atoms with van der Waals surface area (Å²) >= 11 is 0. The molecule has 1 N–H and O–H groups in total. The van der Waals surface area contributed by atoms with Gasteiger partial charge in [0.25, 0.3) is 11.6 Å². The third-order valence-corrected chi connectivity index (χ3v) is 3.38. The number of esters is 1. The number of carbonyl (C=O) groups excluding carboxylic acids is 2. The van der Waals surface area contributed by atoms with Crippen LogP contribution < -0.4 is 5.32 Å². The second-order valence-electron chi connectivity index (χ2n) is 5.74. The molecule has 7 nitrogen and oxygen atoms in total. The average Bonchev–Trinajstić information content (AvgIpc) is 2.54. The Kier molecular flexibility index (Phi) is 5.49. The lowest BCUT2D eigenvalue weighted by molar-refractivity contribution is -0.385. The van der Waals surface area contributed by atoms with Crippen LogP contribution in [0.15, 0.2) is 42.5 Å². The maximum absolute atomic E-state index is 12.2. The van der Waals surface area contributed by atoms with Gasteiger partial charge in [-0.1, -0.05) is 0 Å². The normalized spacial score (nSPS) is 10.4. The number of nitro benzene ring substituents is 1. The number of benzene rings is 2. The first-order valence-corrected chi connectivity index (χ1v) is 7.65. The van der Waals surface area contributed by atoms with Crippen LogP contribution in [-0.4, -0.2) is 22.9 Å². The van der Waals surface area contributed by atoms with Crippen LogP contribution in [0.5, 0.6) is 0 Å². The van der Waals surface area contributed by atoms with Crippen molar-refractivity contribution in [2.45, 2.75) is 26.9 Å². The van der Waals surface area contributed by atoms with Gasteiger partial charge in [-0.2, -0.15) is 0 Å². The van der Waals surface area contributed by atoms with Gasteiger partial charge in [-0.25, -0.2) is 4.79 Å². The maximum Gasteiger partial charge on any atom is 0.338 e. The quantitative estimate of drug-likeness (QED) is 0.507. The number of amides is 1. The van der Waals surface area contributed by atoms with E-state index in [1.165, 1.54) is 18.2 Å². The number of anilines is 1. The van der Waals surface area contributed by atoms with Crippen LogP contribution in [0.1, 0.15) is 40.1 Å². The third kappa shape index (κ3) is 4.63. The van der Waals surface area contributed by atoms with Crippen LogP contribution >= 0.6 is 0 Å². The molecule has 1 amide bonds. The second kappa shape index (κ2) is 7.57. The van der Waals surface area contributed by atoms with E-state index in [1.807, 2.05) is 0 Å². The molecule has 0 unspecified atom stereocenters. The molecule has 25 heavy (non-hydrogen) atoms. The van der Waals surface area contributed by atoms with E-state index in [-0.39, 0.29) is 11.8 Å². The standard InChI is InChI=1S/C18H18N2O5/c1-11(2)25-18(22)13-4-7-15(8-5-13)19-17(21)14-6-9-16(20(23)24)12(3)10-14/h4-11H,1-3H3,(H,19,21). The summed E-state index contributed by atoms with van der Waals surface area (Å²) in [5.74, 6) is -0.825. The van der Waals surface area contributed by atoms with Gasteiger partial charge in [0.15, 0.2) is 0 Å². The van der Waals surface area contributed by atoms with E-state index >= 15 is 0 Å². The number of ether oxygens (including phenoxy) is 1. The zero-order valence-corrected chi connectivity index (χ0v) is 14.1. The highest BCUT2D eigenvalue weighted by Gasteiger charge is 2.14. The number of nitro groups is 1. The van der Waals surface area contributed by atoms with E-state index in [1.54, 1.807) is 45.0 Å². The van der Waals surface area contributed by atoms with Crippen LogP contribution in [0.4, 0.5) is 11.4 Å². The van der Waals surface area contributed by atoms with Crippen LogP contribution in [0.2, 0.25) is 0 Å². The van der Waals surface area contributed by atoms with E-state index in [2.05, 4.69) is 5.32 Å². The first kappa shape index (κ1) is 18.1. The summed E-state index contributed by atoms with van der Waals surface area (Å²) in [6, 6.07) is 10.5. The summed E-state index contributed by atoms with van der Waals surface area (Å²) in [6.45, 7) is 5.10. The largest absolute Gasteiger partial charge is 0.459 e. The third-order valence-electron chi connectivity index (χ3n) is 3.38. The van der Waals surface area contributed by atoms with Crippen molar-refractivity contribution in [3.8, 4) is 0 Å². The van der Waals surface area contributed by atoms with E-state index in [4.69, 9.17) is 4.74 Å². The fourth-order valence-corrected chi connectivity index (χ4v) is 2.18. The number of nitrogens with one attached hydrogen (secondary N) is 1. The van der Waals surface area contributed by atoms with Gasteiger partial charge in [0, 0.05) is 22.9 Å². The molecule has 130 valence electrons. The van der Waals surface area contributed by atoms with Crippen molar-refractivity contribution in [2.24, 2.45) is 0 Å². The van der Waals surface area contributed by atoms with Crippen molar-refractivity contribution in [2.75, 3.05) is 5.32 Å². The fourth-order valence-electron chi connectivity index (χ4n) is 2.18. The average molecular weight is 342 g/mol. The Morgan fingerprint density at radius 2 is 1.68 bits per heavy atom. The highest BCUT2D eigenvalue weighted by atomic mass is 16.6. The molecule has 0 bridgehead atoms. The van der Waals surface area contributed by atoms with Crippen LogP contribution in [-0.2, 0) is 4.74 Å². The Balaban J connectivity index is 2.09. The molecule has 0 spiro atoms. The topological polar surface area (TPSA) is 98.5 Å². The van der Waals surface area contributed by atoms with E-state index < -0.39 is 16.8 Å². The molecule has 0 atom stereocenters. The van der Waals surface area contributed by atoms with Crippen LogP contribution in [0.25, 0.3) is 0 Å². The van der Waals surface area contributed by atoms with Gasteiger partial charge in [-0.3, -0.25) is 14.9 Å². The summed E-state index contributed by atoms with van der Waals surface area (Å²) in [4.78, 5) is 34.3. The molecule has 0 aromatic heterocycles. The fraction of sp³-hybridized carbons (Fsp3) is 0.222. The smallest absolute Gasteiger partial charge is 0.338 e. The lowest BCUT2D eigenvalue weighted by Gasteiger charge is -2.09. The highest BCUT2D eigenvalue weighted by molar-refractivity contribution is 6.04. The molecule has 0 saturated heterocycles. The highest BCUT2D eigenvalue weighted by Crippen LogP contribution is 2.20. The first-order valence-electron chi connectivity index (χ1n) is 7.65. The molecule has 0 saturated carbocycles. The molecular weight excluding hydrogens is 324 g/mol. The first-order chi connectivity index (χ1) is 11.8. The Labute approximate surface area is 144 Å². The minimum atomic E-state index is -0.494. The van der Waals surface area contributed by atoms with E-state index in [0.717, 1.165) is 0 Å². The minimum absolute atomic E-state index is 0.0374. The van der Waals surface area contributed by atoms with Crippen molar-refractivity contribution in [1.29, 1.82) is 0 Å². The molecule has 0 aliphatic rings. The Bertz CT molecular complexity index is 813. The molecule has 2 aromatic carbocycles. The summed E-state index contributed by atoms with van der Waals surface area (Å²) in [5.41, 5.74) is 1.57. The maximum atomic E-state index is 12.2. The van der Waals surface area contributed by atoms with Gasteiger partial charge < -0.3 is 10.1 Å². The predicted molar refractivity (Wildman–Crippen MR) is 92.8 cm³/mol. The Morgan fingerprint density at radius 1 is 1.08 bits per heavy atom. The zero-order valence-electron chi connectivity index (χ0n) is 14.1. The number of carbonyl (C=O) groups is 2. The second-order valence-corrected chi connectivity index (χ2v) is 5.74. The molecule has 7 heteroatoms. The molecular formula is C18H18N2O5. The number of rotatable bonds is 5. The van der Waals surface area contributed by atoms with E-state index in [9.17, 15) is 19.7 Å². The summed E-state index contributed by atoms with van der Waals surface area (Å²) in [6.07, 6.45) is -0.211. The summed E-state index contributed by atoms with van der Waals surface area (Å²) < 4.78 is 5.09. The molecule has 0 aliphatic heterocycles. The van der Waals surface area contributed by atoms with Crippen molar-refractivity contribution < 1.29 is 19.2 Å². The molecule has 0 fully saturated rings. The monoisotopic (exact) mass is 342 g/mol. The minimum Gasteiger partial charge on any atom is -0.459 e. The Hall–Kier alpha value is -3.22. The van der Waals surface area contributed by atoms with Crippen molar-refractivity contribution in [3.05, 3.63) is 69.3 Å². The lowest BCUT2D eigenvalue weighted by Crippen LogP contribution is -2.13. The molecule has 2 rings (SSSR count). The van der Waals surface area contributed by atoms with Gasteiger partial charge in [0.05, 0.1) is 16.6 Å². The summed E-state index contributed by atoms with van der Waals surface area (Å²) in [5, 5.41) is 13.5.